The van der Waals surface area contributed by atoms with Crippen LogP contribution in [0.4, 0.5) is 4.79 Å². The highest BCUT2D eigenvalue weighted by atomic mass is 32.2. The van der Waals surface area contributed by atoms with E-state index >= 15 is 0 Å². The van der Waals surface area contributed by atoms with Crippen molar-refractivity contribution >= 4 is 50.4 Å². The smallest absolute Gasteiger partial charge is 0.408 e. The molecule has 1 saturated heterocycles. The van der Waals surface area contributed by atoms with E-state index in [4.69, 9.17) is 9.47 Å². The van der Waals surface area contributed by atoms with Gasteiger partial charge in [0, 0.05) is 41.3 Å². The number of hydrogen-bond donors (Lipinski definition) is 3. The van der Waals surface area contributed by atoms with E-state index < -0.39 is 85.5 Å². The van der Waals surface area contributed by atoms with E-state index in [1.165, 1.54) is 11.0 Å². The third-order valence-corrected chi connectivity index (χ3v) is 11.9. The van der Waals surface area contributed by atoms with Crippen LogP contribution in [-0.4, -0.2) is 106 Å². The minimum Gasteiger partial charge on any atom is -0.497 e. The van der Waals surface area contributed by atoms with E-state index in [2.05, 4.69) is 33.4 Å². The summed E-state index contributed by atoms with van der Waals surface area (Å²) in [6.07, 6.45) is 1.11. The van der Waals surface area contributed by atoms with E-state index in [1.807, 2.05) is 20.8 Å². The van der Waals surface area contributed by atoms with Crippen molar-refractivity contribution in [3.8, 4) is 23.5 Å². The maximum Gasteiger partial charge on any atom is 0.408 e. The number of aromatic nitrogens is 1. The number of pyridine rings is 1. The van der Waals surface area contributed by atoms with Crippen molar-refractivity contribution in [2.75, 3.05) is 13.7 Å². The average Bonchev–Trinajstić information content (AvgIpc) is 4.04. The zero-order chi connectivity index (χ0) is 41.4. The first kappa shape index (κ1) is 42.0. The first-order valence-corrected chi connectivity index (χ1v) is 20.1. The molecule has 0 radical (unpaired) electrons. The number of carboxylic acid groups (broad SMARTS) is 1. The maximum absolute atomic E-state index is 14.8. The van der Waals surface area contributed by atoms with Crippen molar-refractivity contribution in [1.82, 2.24) is 24.8 Å². The summed E-state index contributed by atoms with van der Waals surface area (Å²) in [6, 6.07) is 4.36. The van der Waals surface area contributed by atoms with Crippen LogP contribution >= 0.6 is 0 Å². The van der Waals surface area contributed by atoms with Gasteiger partial charge in [0.1, 0.15) is 29.5 Å². The van der Waals surface area contributed by atoms with Gasteiger partial charge in [-0.05, 0) is 103 Å². The second kappa shape index (κ2) is 15.8. The number of rotatable bonds is 14. The standard InChI is InChI=1S/C40H51N5O10S/c1-9-25-22-40(25,36(49)43-56(52,53)29-12-13-29)42-33(47)32-21-28(55-34-30-14-11-27(54-8)20-24(30)17-19-41-34)23-44(32)35(48)31(45(37(50)51)39(5,6)7)15-10-26(46)16-18-38(2,3)4/h9,11,14,17,19-20,25,28-29,31-32H,1,10,12-13,15,21-23H2,2-8H3,(H,42,47)(H,43,49)(H,50,51)/t25-,28-,31+,32+,40-/m1/s1. The van der Waals surface area contributed by atoms with Crippen LogP contribution in [-0.2, 0) is 29.2 Å². The van der Waals surface area contributed by atoms with Gasteiger partial charge in [0.2, 0.25) is 33.5 Å². The molecule has 0 unspecified atom stereocenters. The lowest BCUT2D eigenvalue weighted by Crippen LogP contribution is -2.61. The average molecular weight is 794 g/mol. The number of carbonyl (C=O) groups excluding carboxylic acids is 4. The lowest BCUT2D eigenvalue weighted by Gasteiger charge is -2.41. The molecule has 1 aromatic heterocycles. The van der Waals surface area contributed by atoms with Gasteiger partial charge >= 0.3 is 6.09 Å². The molecule has 2 heterocycles. The number of sulfonamides is 1. The lowest BCUT2D eigenvalue weighted by atomic mass is 9.96. The van der Waals surface area contributed by atoms with Crippen LogP contribution in [0.3, 0.4) is 0 Å². The predicted molar refractivity (Wildman–Crippen MR) is 207 cm³/mol. The zero-order valence-corrected chi connectivity index (χ0v) is 33.7. The van der Waals surface area contributed by atoms with Gasteiger partial charge in [0.15, 0.2) is 0 Å². The molecule has 2 aromatic rings. The minimum absolute atomic E-state index is 0.0788. The molecule has 1 aliphatic heterocycles. The van der Waals surface area contributed by atoms with Crippen LogP contribution in [0, 0.1) is 23.2 Å². The zero-order valence-electron chi connectivity index (χ0n) is 32.9. The maximum atomic E-state index is 14.8. The van der Waals surface area contributed by atoms with Gasteiger partial charge in [-0.25, -0.2) is 18.2 Å². The van der Waals surface area contributed by atoms with E-state index in [0.717, 1.165) is 10.3 Å². The molecule has 5 atom stereocenters. The predicted octanol–water partition coefficient (Wildman–Crippen LogP) is 3.81. The SMILES string of the molecule is C=C[C@@H]1C[C@]1(NC(=O)[C@@H]1C[C@@H](Oc2nccc3cc(OC)ccc23)CN1C(=O)[C@H](CCC(=O)C#CC(C)(C)C)N(C(=O)O)C(C)(C)C)C(=O)NS(=O)(=O)C1CC1. The lowest BCUT2D eigenvalue weighted by molar-refractivity contribution is -0.144. The monoisotopic (exact) mass is 793 g/mol. The molecule has 3 aliphatic rings. The van der Waals surface area contributed by atoms with E-state index in [0.29, 0.717) is 24.0 Å². The van der Waals surface area contributed by atoms with Gasteiger partial charge in [-0.2, -0.15) is 0 Å². The molecule has 5 rings (SSSR count). The summed E-state index contributed by atoms with van der Waals surface area (Å²) in [5, 5.41) is 13.9. The molecule has 4 amide bonds. The molecule has 16 heteroatoms. The summed E-state index contributed by atoms with van der Waals surface area (Å²) in [5.74, 6) is 2.78. The van der Waals surface area contributed by atoms with E-state index in [9.17, 15) is 37.5 Å². The van der Waals surface area contributed by atoms with Crippen LogP contribution in [0.5, 0.6) is 11.6 Å². The van der Waals surface area contributed by atoms with Crippen LogP contribution in [0.25, 0.3) is 10.8 Å². The molecule has 0 spiro atoms. The number of likely N-dealkylation sites (tertiary alicyclic amines) is 1. The second-order valence-electron chi connectivity index (χ2n) is 16.7. The van der Waals surface area contributed by atoms with Gasteiger partial charge < -0.3 is 24.8 Å². The highest BCUT2D eigenvalue weighted by Gasteiger charge is 2.62. The highest BCUT2D eigenvalue weighted by molar-refractivity contribution is 7.91. The quantitative estimate of drug-likeness (QED) is 0.143. The van der Waals surface area contributed by atoms with Gasteiger partial charge in [0.05, 0.1) is 18.9 Å². The molecule has 3 N–H and O–H groups in total. The van der Waals surface area contributed by atoms with Crippen molar-refractivity contribution in [2.24, 2.45) is 11.3 Å². The van der Waals surface area contributed by atoms with Crippen LogP contribution in [0.15, 0.2) is 43.1 Å². The van der Waals surface area contributed by atoms with Gasteiger partial charge in [-0.3, -0.25) is 28.8 Å². The molecular formula is C40H51N5O10S. The molecule has 3 fully saturated rings. The summed E-state index contributed by atoms with van der Waals surface area (Å²) in [4.78, 5) is 75.1. The molecule has 0 bridgehead atoms. The topological polar surface area (TPSA) is 202 Å². The van der Waals surface area contributed by atoms with Crippen molar-refractivity contribution in [1.29, 1.82) is 0 Å². The van der Waals surface area contributed by atoms with Crippen molar-refractivity contribution in [3.63, 3.8) is 0 Å². The van der Waals surface area contributed by atoms with Gasteiger partial charge in [-0.1, -0.05) is 12.0 Å². The molecule has 56 heavy (non-hydrogen) atoms. The largest absolute Gasteiger partial charge is 0.497 e. The molecule has 1 aromatic carbocycles. The first-order valence-electron chi connectivity index (χ1n) is 18.6. The number of amides is 4. The Morgan fingerprint density at radius 3 is 2.41 bits per heavy atom. The summed E-state index contributed by atoms with van der Waals surface area (Å²) in [7, 11) is -2.41. The third kappa shape index (κ3) is 9.43. The summed E-state index contributed by atoms with van der Waals surface area (Å²) in [5.41, 5.74) is -3.23. The van der Waals surface area contributed by atoms with E-state index in [-0.39, 0.29) is 38.1 Å². The van der Waals surface area contributed by atoms with E-state index in [1.54, 1.807) is 58.3 Å². The number of ketones is 1. The number of hydrogen-bond acceptors (Lipinski definition) is 10. The number of Topliss-reactive ketones (excluding diaryl/α,β-unsaturated/α-hetero) is 1. The fourth-order valence-corrected chi connectivity index (χ4v) is 8.29. The van der Waals surface area contributed by atoms with Crippen LogP contribution in [0.2, 0.25) is 0 Å². The Hall–Kier alpha value is -5.17. The Morgan fingerprint density at radius 2 is 1.84 bits per heavy atom. The molecule has 302 valence electrons. The van der Waals surface area contributed by atoms with Crippen molar-refractivity contribution in [3.05, 3.63) is 43.1 Å². The third-order valence-electron chi connectivity index (χ3n) is 10.1. The van der Waals surface area contributed by atoms with Crippen molar-refractivity contribution in [2.45, 2.75) is 115 Å². The highest BCUT2D eigenvalue weighted by Crippen LogP contribution is 2.45. The molecule has 2 aliphatic carbocycles. The number of nitrogens with zero attached hydrogens (tertiary/aromatic N) is 3. The Kier molecular flexibility index (Phi) is 11.8. The number of fused-ring (bicyclic) bond motifs is 1. The number of carbonyl (C=O) groups is 5. The fraction of sp³-hybridized carbons (Fsp3) is 0.550. The second-order valence-corrected chi connectivity index (χ2v) is 18.6. The summed E-state index contributed by atoms with van der Waals surface area (Å²) in [6.45, 7) is 13.9. The normalized spacial score (nSPS) is 22.6. The number of methoxy groups -OCH3 is 1. The Labute approximate surface area is 327 Å². The van der Waals surface area contributed by atoms with Crippen LogP contribution < -0.4 is 19.5 Å². The molecular weight excluding hydrogens is 743 g/mol. The fourth-order valence-electron chi connectivity index (χ4n) is 6.93. The number of nitrogens with one attached hydrogen (secondary N) is 2. The first-order chi connectivity index (χ1) is 26.1. The van der Waals surface area contributed by atoms with Crippen LogP contribution in [0.1, 0.15) is 80.1 Å². The Morgan fingerprint density at radius 1 is 1.14 bits per heavy atom. The molecule has 15 nitrogen and oxygen atoms in total. The Balaban J connectivity index is 1.50. The Bertz CT molecular complexity index is 2090. The molecule has 2 saturated carbocycles. The van der Waals surface area contributed by atoms with Gasteiger partial charge in [0.25, 0.3) is 5.91 Å². The van der Waals surface area contributed by atoms with Crippen molar-refractivity contribution < 1.29 is 47.0 Å². The minimum atomic E-state index is -3.96. The number of ether oxygens (including phenoxy) is 2. The summed E-state index contributed by atoms with van der Waals surface area (Å²) >= 11 is 0. The summed E-state index contributed by atoms with van der Waals surface area (Å²) < 4.78 is 39.3. The van der Waals surface area contributed by atoms with Gasteiger partial charge in [-0.15, -0.1) is 6.58 Å². The number of benzene rings is 1.